The Morgan fingerprint density at radius 1 is 0.360 bits per heavy atom. The maximum absolute atomic E-state index is 14.6. The van der Waals surface area contributed by atoms with E-state index in [0.717, 1.165) is 0 Å². The van der Waals surface area contributed by atoms with Crippen molar-refractivity contribution in [2.45, 2.75) is 195 Å². The maximum atomic E-state index is 14.6. The van der Waals surface area contributed by atoms with Gasteiger partial charge in [0.15, 0.2) is 5.96 Å². The lowest BCUT2D eigenvalue weighted by Crippen LogP contribution is -2.61. The molecule has 13 atom stereocenters. The minimum atomic E-state index is -2.20. The van der Waals surface area contributed by atoms with Gasteiger partial charge in [-0.1, -0.05) is 44.2 Å². The number of carboxylic acid groups (broad SMARTS) is 4. The molecule has 0 heterocycles. The monoisotopic (exact) mass is 1610 g/mol. The molecule has 0 saturated carbocycles. The van der Waals surface area contributed by atoms with Gasteiger partial charge in [-0.05, 0) is 56.4 Å². The van der Waals surface area contributed by atoms with Crippen molar-refractivity contribution in [1.82, 2.24) is 69.1 Å². The van der Waals surface area contributed by atoms with E-state index in [9.17, 15) is 121 Å². The van der Waals surface area contributed by atoms with Gasteiger partial charge in [-0.25, -0.2) is 4.79 Å². The van der Waals surface area contributed by atoms with Crippen molar-refractivity contribution in [3.05, 3.63) is 35.9 Å². The Kier molecular flexibility index (Phi) is 43.6. The van der Waals surface area contributed by atoms with Gasteiger partial charge in [-0.15, -0.1) is 0 Å². The van der Waals surface area contributed by atoms with Crippen LogP contribution < -0.4 is 109 Å². The summed E-state index contributed by atoms with van der Waals surface area (Å²) in [5.74, 6) is -29.5. The van der Waals surface area contributed by atoms with Gasteiger partial charge in [-0.3, -0.25) is 101 Å². The Labute approximate surface area is 643 Å². The van der Waals surface area contributed by atoms with Crippen molar-refractivity contribution in [3.8, 4) is 0 Å². The molecule has 616 valence electrons. The number of guanidine groups is 1. The van der Waals surface area contributed by atoms with Crippen LogP contribution in [0, 0.1) is 11.3 Å². The Morgan fingerprint density at radius 3 is 0.955 bits per heavy atom. The van der Waals surface area contributed by atoms with E-state index in [1.165, 1.54) is 30.3 Å². The van der Waals surface area contributed by atoms with Crippen molar-refractivity contribution < 1.29 is 121 Å². The van der Waals surface area contributed by atoms with Gasteiger partial charge in [0.05, 0.1) is 31.7 Å². The lowest BCUT2D eigenvalue weighted by Gasteiger charge is -2.28. The van der Waals surface area contributed by atoms with Gasteiger partial charge in [0.25, 0.3) is 0 Å². The van der Waals surface area contributed by atoms with Crippen molar-refractivity contribution in [3.63, 3.8) is 0 Å². The fourth-order valence-corrected chi connectivity index (χ4v) is 10.3. The average molecular weight is 1610 g/mol. The normalized spacial score (nSPS) is 14.4. The quantitative estimate of drug-likeness (QED) is 0.0125. The van der Waals surface area contributed by atoms with Crippen LogP contribution in [0.5, 0.6) is 0 Å². The molecular formula is C63H97N21O25S2. The SMILES string of the molecule is CC(C)C[C@H](NC(=O)[C@H](CCC(=O)O)NC(=O)[C@H](CC(N)=O)NC(=O)[C@H](CS)NC(=O)[C@@H](N)CS)C(=O)N[C@@H](CC(N)=O)C(=O)N[C@@H](CCC(=O)O)C(=O)N[C@@H](Cc1ccccc1)C(=O)N[C@@H](CCC(=O)O)C(=O)N[C@@H](CC(N)=O)C(=O)N[C@@H](CC(N)=O)C(=O)N[C@@H](CCC(N)=O)C(=O)N[C@@H](CCCNC(=N)N)C(=O)O. The molecule has 0 radical (unpaired) electrons. The Morgan fingerprint density at radius 2 is 0.649 bits per heavy atom. The highest BCUT2D eigenvalue weighted by atomic mass is 32.1. The zero-order chi connectivity index (χ0) is 84.5. The number of carbonyl (C=O) groups excluding carboxylic acids is 17. The molecule has 48 heteroatoms. The fraction of sp³-hybridized carbons (Fsp3) is 0.556. The van der Waals surface area contributed by atoms with E-state index in [0.29, 0.717) is 0 Å². The number of hydrogen-bond acceptors (Lipinski definition) is 25. The van der Waals surface area contributed by atoms with Gasteiger partial charge in [-0.2, -0.15) is 25.3 Å². The number of carbonyl (C=O) groups is 21. The molecule has 1 aromatic rings. The summed E-state index contributed by atoms with van der Waals surface area (Å²) < 4.78 is 0. The molecule has 46 nitrogen and oxygen atoms in total. The molecule has 0 fully saturated rings. The number of hydrogen-bond donors (Lipinski definition) is 27. The molecular weight excluding hydrogens is 1510 g/mol. The van der Waals surface area contributed by atoms with E-state index in [4.69, 9.17) is 45.5 Å². The largest absolute Gasteiger partial charge is 0.481 e. The van der Waals surface area contributed by atoms with Crippen LogP contribution >= 0.6 is 25.3 Å². The highest BCUT2D eigenvalue weighted by Crippen LogP contribution is 2.14. The van der Waals surface area contributed by atoms with Crippen LogP contribution in [0.2, 0.25) is 0 Å². The molecule has 17 amide bonds. The van der Waals surface area contributed by atoms with Crippen molar-refractivity contribution in [1.29, 1.82) is 5.41 Å². The van der Waals surface area contributed by atoms with Crippen LogP contribution in [-0.2, 0) is 107 Å². The molecule has 111 heavy (non-hydrogen) atoms. The highest BCUT2D eigenvalue weighted by molar-refractivity contribution is 7.80. The summed E-state index contributed by atoms with van der Waals surface area (Å²) in [6.07, 6.45) is -11.7. The second-order valence-electron chi connectivity index (χ2n) is 25.3. The van der Waals surface area contributed by atoms with E-state index < -0.39 is 298 Å². The van der Waals surface area contributed by atoms with Crippen LogP contribution in [0.4, 0.5) is 0 Å². The number of nitrogens with two attached hydrogens (primary N) is 7. The van der Waals surface area contributed by atoms with Crippen LogP contribution in [0.15, 0.2) is 30.3 Å². The minimum Gasteiger partial charge on any atom is -0.481 e. The molecule has 0 bridgehead atoms. The second-order valence-corrected chi connectivity index (χ2v) is 26.1. The Balaban J connectivity index is 3.83. The van der Waals surface area contributed by atoms with Crippen LogP contribution in [0.3, 0.4) is 0 Å². The molecule has 0 aliphatic carbocycles. The van der Waals surface area contributed by atoms with Crippen LogP contribution in [0.1, 0.15) is 116 Å². The van der Waals surface area contributed by atoms with Gasteiger partial charge >= 0.3 is 23.9 Å². The van der Waals surface area contributed by atoms with Crippen molar-refractivity contribution in [2.24, 2.45) is 46.1 Å². The number of rotatable bonds is 55. The first-order valence-corrected chi connectivity index (χ1v) is 35.2. The Hall–Kier alpha value is -12.0. The third kappa shape index (κ3) is 39.6. The Bertz CT molecular complexity index is 3560. The average Bonchev–Trinajstić information content (AvgIpc) is 0.854. The summed E-state index contributed by atoms with van der Waals surface area (Å²) in [6, 6.07) is -16.8. The number of primary amides is 5. The van der Waals surface area contributed by atoms with E-state index in [-0.39, 0.29) is 42.9 Å². The second kappa shape index (κ2) is 49.9. The number of aliphatic carboxylic acids is 4. The predicted octanol–water partition coefficient (Wildman–Crippen LogP) is -11.0. The van der Waals surface area contributed by atoms with Gasteiger partial charge in [0.2, 0.25) is 100 Å². The number of carboxylic acids is 4. The fourth-order valence-electron chi connectivity index (χ4n) is 9.91. The molecule has 1 rings (SSSR count). The summed E-state index contributed by atoms with van der Waals surface area (Å²) in [5.41, 5.74) is 38.1. The molecule has 0 aliphatic rings. The van der Waals surface area contributed by atoms with Crippen LogP contribution in [-0.4, -0.2) is 247 Å². The summed E-state index contributed by atoms with van der Waals surface area (Å²) in [4.78, 5) is 276. The summed E-state index contributed by atoms with van der Waals surface area (Å²) in [6.45, 7) is 3.09. The summed E-state index contributed by atoms with van der Waals surface area (Å²) in [7, 11) is 0. The minimum absolute atomic E-state index is 0.00636. The third-order valence-electron chi connectivity index (χ3n) is 15.5. The summed E-state index contributed by atoms with van der Waals surface area (Å²) in [5, 5.41) is 74.9. The number of benzene rings is 1. The number of thiol groups is 2. The third-order valence-corrected chi connectivity index (χ3v) is 16.3. The first kappa shape index (κ1) is 97.0. The van der Waals surface area contributed by atoms with E-state index >= 15 is 0 Å². The molecule has 0 saturated heterocycles. The molecule has 32 N–H and O–H groups in total. The zero-order valence-corrected chi connectivity index (χ0v) is 62.0. The summed E-state index contributed by atoms with van der Waals surface area (Å²) >= 11 is 7.95. The van der Waals surface area contributed by atoms with Crippen molar-refractivity contribution >= 4 is 156 Å². The zero-order valence-electron chi connectivity index (χ0n) is 60.2. The van der Waals surface area contributed by atoms with Crippen molar-refractivity contribution in [2.75, 3.05) is 18.1 Å². The molecule has 1 aromatic carbocycles. The van der Waals surface area contributed by atoms with E-state index in [1.807, 2.05) is 5.32 Å². The molecule has 0 aromatic heterocycles. The predicted molar refractivity (Wildman–Crippen MR) is 390 cm³/mol. The van der Waals surface area contributed by atoms with Crippen LogP contribution in [0.25, 0.3) is 0 Å². The van der Waals surface area contributed by atoms with Gasteiger partial charge < -0.3 is 130 Å². The molecule has 0 aliphatic heterocycles. The highest BCUT2D eigenvalue weighted by Gasteiger charge is 2.39. The van der Waals surface area contributed by atoms with Gasteiger partial charge in [0.1, 0.15) is 72.5 Å². The first-order valence-electron chi connectivity index (χ1n) is 33.9. The lowest BCUT2D eigenvalue weighted by molar-refractivity contribution is -0.143. The topological polar surface area (TPSA) is 802 Å². The van der Waals surface area contributed by atoms with E-state index in [2.05, 4.69) is 89.1 Å². The first-order chi connectivity index (χ1) is 51.9. The number of nitrogens with one attached hydrogen (secondary N) is 14. The lowest BCUT2D eigenvalue weighted by atomic mass is 10.0. The molecule has 0 spiro atoms. The molecule has 0 unspecified atom stereocenters. The van der Waals surface area contributed by atoms with E-state index in [1.54, 1.807) is 13.8 Å². The standard InChI is InChI=1S/C63H97N21O25S2/c1-27(2)19-35(78-52(98)31(11-15-47(90)91)75-59(105)39(23-45(68)88)83-61(107)41(26-111)84-50(96)29(64)25-110)55(101)81-37(21-43(66)86)58(104)76-32(12-16-48(92)93)53(99)79-36(20-28-7-4-3-5-8-28)56(102)74-33(13-17-49(94)95)54(100)80-40(24-46(69)89)60(106)82-38(22-44(67)87)57(103)73-30(10-14-42(65)85)51(97)77-34(62(108)109)9-6-18-72-63(70)71/h3-5,7-8,27,29-41,110-111H,6,9-26,64H2,1-2H3,(H2,65,85)(H2,66,86)(H2,67,87)(H2,68,88)(H2,69,89)(H,73,103)(H,74,102)(H,75,105)(H,76,104)(H,77,97)(H,78,98)(H,79,99)(H,80,100)(H,81,101)(H,82,106)(H,83,107)(H,84,96)(H,90,91)(H,92,93)(H,94,95)(H,108,109)(H4,70,71,72)/t29-,30-,31-,32-,33-,34-,35-,36-,37-,38-,39-,40-,41-/m0/s1. The van der Waals surface area contributed by atoms with Gasteiger partial charge in [0, 0.05) is 50.2 Å². The maximum Gasteiger partial charge on any atom is 0.326 e. The smallest absolute Gasteiger partial charge is 0.326 e. The number of amides is 17.